The molecule has 0 aliphatic rings. The lowest BCUT2D eigenvalue weighted by molar-refractivity contribution is -0.113. The van der Waals surface area contributed by atoms with Crippen LogP contribution >= 0.6 is 11.3 Å². The van der Waals surface area contributed by atoms with Gasteiger partial charge in [0.15, 0.2) is 0 Å². The van der Waals surface area contributed by atoms with Crippen LogP contribution in [0.2, 0.25) is 0 Å². The molecule has 172 valence electrons. The van der Waals surface area contributed by atoms with Gasteiger partial charge in [0.1, 0.15) is 5.70 Å². The summed E-state index contributed by atoms with van der Waals surface area (Å²) >= 11 is 1.42. The predicted octanol–water partition coefficient (Wildman–Crippen LogP) is 4.10. The van der Waals surface area contributed by atoms with Crippen LogP contribution in [0.5, 0.6) is 0 Å². The number of carbonyl (C=O) groups is 2. The summed E-state index contributed by atoms with van der Waals surface area (Å²) in [6.45, 7) is 6.26. The first-order valence-corrected chi connectivity index (χ1v) is 12.5. The second kappa shape index (κ2) is 9.70. The Morgan fingerprint density at radius 2 is 1.61 bits per heavy atom. The van der Waals surface area contributed by atoms with E-state index in [0.29, 0.717) is 11.3 Å². The number of sulfonamides is 1. The summed E-state index contributed by atoms with van der Waals surface area (Å²) < 4.78 is 22.8. The third-order valence-corrected chi connectivity index (χ3v) is 6.52. The van der Waals surface area contributed by atoms with Crippen molar-refractivity contribution in [3.05, 3.63) is 87.7 Å². The lowest BCUT2D eigenvalue weighted by Gasteiger charge is -2.19. The van der Waals surface area contributed by atoms with E-state index in [1.54, 1.807) is 18.2 Å². The number of amides is 2. The number of carbonyl (C=O) groups excluding carboxylic acids is 2. The zero-order valence-corrected chi connectivity index (χ0v) is 20.1. The smallest absolute Gasteiger partial charge is 0.272 e. The van der Waals surface area contributed by atoms with Gasteiger partial charge < -0.3 is 10.6 Å². The molecular formula is C24H25N3O4S2. The molecule has 0 atom stereocenters. The number of nitrogens with two attached hydrogens (primary N) is 1. The van der Waals surface area contributed by atoms with Crippen LogP contribution in [0.3, 0.4) is 0 Å². The fourth-order valence-electron chi connectivity index (χ4n) is 2.92. The van der Waals surface area contributed by atoms with E-state index in [1.807, 2.05) is 29.6 Å². The van der Waals surface area contributed by atoms with Gasteiger partial charge in [0, 0.05) is 16.1 Å². The van der Waals surface area contributed by atoms with Gasteiger partial charge in [0.25, 0.3) is 11.8 Å². The van der Waals surface area contributed by atoms with Crippen LogP contribution in [0.4, 0.5) is 5.69 Å². The monoisotopic (exact) mass is 483 g/mol. The highest BCUT2D eigenvalue weighted by Crippen LogP contribution is 2.22. The Bertz CT molecular complexity index is 1270. The second-order valence-corrected chi connectivity index (χ2v) is 10.9. The molecule has 0 aliphatic heterocycles. The molecule has 0 fully saturated rings. The molecule has 9 heteroatoms. The molecule has 4 N–H and O–H groups in total. The zero-order chi connectivity index (χ0) is 24.2. The van der Waals surface area contributed by atoms with Crippen molar-refractivity contribution in [1.82, 2.24) is 5.32 Å². The third kappa shape index (κ3) is 6.61. The van der Waals surface area contributed by atoms with E-state index in [4.69, 9.17) is 5.14 Å². The quantitative estimate of drug-likeness (QED) is 0.457. The molecule has 7 nitrogen and oxygen atoms in total. The van der Waals surface area contributed by atoms with E-state index in [0.717, 1.165) is 10.4 Å². The molecule has 0 unspecified atom stereocenters. The molecule has 0 radical (unpaired) electrons. The topological polar surface area (TPSA) is 118 Å². The summed E-state index contributed by atoms with van der Waals surface area (Å²) in [5, 5.41) is 12.3. The Morgan fingerprint density at radius 1 is 0.970 bits per heavy atom. The molecule has 1 heterocycles. The maximum atomic E-state index is 12.9. The Balaban J connectivity index is 1.81. The van der Waals surface area contributed by atoms with Crippen LogP contribution in [-0.2, 0) is 20.2 Å². The molecule has 0 bridgehead atoms. The number of hydrogen-bond donors (Lipinski definition) is 3. The Morgan fingerprint density at radius 3 is 2.12 bits per heavy atom. The summed E-state index contributed by atoms with van der Waals surface area (Å²) in [6.07, 6.45) is 1.58. The number of benzene rings is 2. The average molecular weight is 484 g/mol. The molecule has 1 aromatic heterocycles. The molecule has 0 saturated heterocycles. The molecule has 3 rings (SSSR count). The van der Waals surface area contributed by atoms with E-state index in [1.165, 1.54) is 35.6 Å². The van der Waals surface area contributed by atoms with Crippen LogP contribution in [0.15, 0.2) is 76.6 Å². The van der Waals surface area contributed by atoms with Crippen molar-refractivity contribution in [1.29, 1.82) is 0 Å². The van der Waals surface area contributed by atoms with Crippen molar-refractivity contribution in [3.8, 4) is 0 Å². The van der Waals surface area contributed by atoms with E-state index >= 15 is 0 Å². The maximum Gasteiger partial charge on any atom is 0.272 e. The zero-order valence-electron chi connectivity index (χ0n) is 18.5. The van der Waals surface area contributed by atoms with Crippen LogP contribution in [-0.4, -0.2) is 20.2 Å². The van der Waals surface area contributed by atoms with E-state index in [9.17, 15) is 18.0 Å². The number of thiophene rings is 1. The number of anilines is 1. The summed E-state index contributed by atoms with van der Waals surface area (Å²) in [4.78, 5) is 26.5. The second-order valence-electron chi connectivity index (χ2n) is 8.38. The number of nitrogens with one attached hydrogen (secondary N) is 2. The first kappa shape index (κ1) is 24.4. The molecule has 3 aromatic rings. The van der Waals surface area contributed by atoms with Gasteiger partial charge in [-0.25, -0.2) is 13.6 Å². The van der Waals surface area contributed by atoms with Crippen molar-refractivity contribution in [2.45, 2.75) is 31.1 Å². The van der Waals surface area contributed by atoms with Crippen molar-refractivity contribution in [3.63, 3.8) is 0 Å². The van der Waals surface area contributed by atoms with Crippen molar-refractivity contribution in [2.75, 3.05) is 5.32 Å². The highest BCUT2D eigenvalue weighted by Gasteiger charge is 2.18. The lowest BCUT2D eigenvalue weighted by atomic mass is 9.87. The van der Waals surface area contributed by atoms with Gasteiger partial charge in [0.2, 0.25) is 10.0 Å². The van der Waals surface area contributed by atoms with Gasteiger partial charge >= 0.3 is 0 Å². The molecule has 0 saturated carbocycles. The van der Waals surface area contributed by atoms with Gasteiger partial charge in [-0.2, -0.15) is 0 Å². The summed E-state index contributed by atoms with van der Waals surface area (Å²) in [7, 11) is -3.84. The summed E-state index contributed by atoms with van der Waals surface area (Å²) in [5.41, 5.74) is 1.88. The van der Waals surface area contributed by atoms with Gasteiger partial charge in [0.05, 0.1) is 4.90 Å². The van der Waals surface area contributed by atoms with Crippen LogP contribution < -0.4 is 15.8 Å². The van der Waals surface area contributed by atoms with Gasteiger partial charge in [-0.1, -0.05) is 39.0 Å². The molecule has 2 aromatic carbocycles. The normalized spacial score (nSPS) is 12.3. The van der Waals surface area contributed by atoms with Crippen molar-refractivity contribution < 1.29 is 18.0 Å². The van der Waals surface area contributed by atoms with Crippen molar-refractivity contribution >= 4 is 44.9 Å². The van der Waals surface area contributed by atoms with Crippen LogP contribution in [0.25, 0.3) is 6.08 Å². The lowest BCUT2D eigenvalue weighted by Crippen LogP contribution is -2.30. The van der Waals surface area contributed by atoms with Gasteiger partial charge in [-0.05, 0) is 64.9 Å². The highest BCUT2D eigenvalue weighted by molar-refractivity contribution is 7.89. The van der Waals surface area contributed by atoms with Crippen molar-refractivity contribution in [2.24, 2.45) is 5.14 Å². The third-order valence-electron chi connectivity index (χ3n) is 4.78. The minimum atomic E-state index is -3.84. The first-order valence-electron chi connectivity index (χ1n) is 10.0. The summed E-state index contributed by atoms with van der Waals surface area (Å²) in [5.74, 6) is -0.968. The Hall–Kier alpha value is -3.27. The van der Waals surface area contributed by atoms with Crippen LogP contribution in [0, 0.1) is 0 Å². The number of rotatable bonds is 6. The van der Waals surface area contributed by atoms with E-state index in [-0.39, 0.29) is 16.0 Å². The fourth-order valence-corrected chi connectivity index (χ4v) is 4.09. The average Bonchev–Trinajstić information content (AvgIpc) is 3.25. The molecule has 2 amide bonds. The highest BCUT2D eigenvalue weighted by atomic mass is 32.2. The molecular weight excluding hydrogens is 458 g/mol. The van der Waals surface area contributed by atoms with E-state index < -0.39 is 21.8 Å². The largest absolute Gasteiger partial charge is 0.321 e. The Kier molecular flexibility index (Phi) is 7.16. The molecule has 0 spiro atoms. The SMILES string of the molecule is CC(C)(C)c1ccc(C(=O)N/C(=C/c2cccs2)C(=O)Nc2ccc(S(N)(=O)=O)cc2)cc1. The minimum absolute atomic E-state index is 0.0437. The first-order chi connectivity index (χ1) is 15.4. The summed E-state index contributed by atoms with van der Waals surface area (Å²) in [6, 6.07) is 16.3. The fraction of sp³-hybridized carbons (Fsp3) is 0.167. The number of hydrogen-bond acceptors (Lipinski definition) is 5. The standard InChI is InChI=1S/C24H25N3O4S2/c1-24(2,3)17-8-6-16(7-9-17)22(28)27-21(15-19-5-4-14-32-19)23(29)26-18-10-12-20(13-11-18)33(25,30)31/h4-15H,1-3H3,(H,26,29)(H,27,28)(H2,25,30,31)/b21-15+. The number of primary sulfonamides is 1. The van der Waals surface area contributed by atoms with E-state index in [2.05, 4.69) is 31.4 Å². The maximum absolute atomic E-state index is 12.9. The van der Waals surface area contributed by atoms with Gasteiger partial charge in [-0.3, -0.25) is 9.59 Å². The van der Waals surface area contributed by atoms with Crippen LogP contribution in [0.1, 0.15) is 41.6 Å². The molecule has 33 heavy (non-hydrogen) atoms. The van der Waals surface area contributed by atoms with Gasteiger partial charge in [-0.15, -0.1) is 11.3 Å². The predicted molar refractivity (Wildman–Crippen MR) is 131 cm³/mol. The molecule has 0 aliphatic carbocycles. The minimum Gasteiger partial charge on any atom is -0.321 e. The Labute approximate surface area is 197 Å².